The lowest BCUT2D eigenvalue weighted by atomic mass is 10.2. The van der Waals surface area contributed by atoms with E-state index in [2.05, 4.69) is 20.1 Å². The van der Waals surface area contributed by atoms with E-state index in [0.717, 1.165) is 35.6 Å². The van der Waals surface area contributed by atoms with Crippen molar-refractivity contribution in [3.05, 3.63) is 59.9 Å². The van der Waals surface area contributed by atoms with Crippen LogP contribution in [-0.2, 0) is 13.6 Å². The Morgan fingerprint density at radius 1 is 1.03 bits per heavy atom. The summed E-state index contributed by atoms with van der Waals surface area (Å²) in [5, 5.41) is 5.87. The number of amides is 3. The quantitative estimate of drug-likeness (QED) is 0.647. The van der Waals surface area contributed by atoms with Crippen molar-refractivity contribution in [1.29, 1.82) is 0 Å². The average Bonchev–Trinajstić information content (AvgIpc) is 3.09. The number of anilines is 1. The Morgan fingerprint density at radius 3 is 2.44 bits per heavy atom. The minimum Gasteiger partial charge on any atom is -0.350 e. The van der Waals surface area contributed by atoms with Crippen LogP contribution in [0.15, 0.2) is 48.5 Å². The SMILES string of the molecule is CC(C)NC(=O)c1ccc2c(c1)nc(CN1CCN(C(=O)Nc3ccccc3)CC1)n2C. The molecule has 1 fully saturated rings. The third kappa shape index (κ3) is 4.91. The summed E-state index contributed by atoms with van der Waals surface area (Å²) in [5.74, 6) is 0.864. The fourth-order valence-electron chi connectivity index (χ4n) is 3.91. The fraction of sp³-hybridized carbons (Fsp3) is 0.375. The van der Waals surface area contributed by atoms with E-state index in [1.807, 2.05) is 74.3 Å². The first kappa shape index (κ1) is 21.8. The number of hydrogen-bond donors (Lipinski definition) is 2. The average molecular weight is 435 g/mol. The molecule has 0 radical (unpaired) electrons. The van der Waals surface area contributed by atoms with Gasteiger partial charge in [0, 0.05) is 50.5 Å². The van der Waals surface area contributed by atoms with Crippen LogP contribution in [0.2, 0.25) is 0 Å². The summed E-state index contributed by atoms with van der Waals surface area (Å²) < 4.78 is 2.08. The number of imidazole rings is 1. The van der Waals surface area contributed by atoms with Gasteiger partial charge in [0.2, 0.25) is 0 Å². The molecule has 8 heteroatoms. The van der Waals surface area contributed by atoms with Gasteiger partial charge in [-0.05, 0) is 44.2 Å². The molecule has 8 nitrogen and oxygen atoms in total. The maximum absolute atomic E-state index is 12.5. The van der Waals surface area contributed by atoms with Gasteiger partial charge in [0.25, 0.3) is 5.91 Å². The minimum absolute atomic E-state index is 0.0641. The Balaban J connectivity index is 1.37. The minimum atomic E-state index is -0.0843. The molecule has 1 aliphatic rings. The third-order valence-electron chi connectivity index (χ3n) is 5.70. The van der Waals surface area contributed by atoms with E-state index in [9.17, 15) is 9.59 Å². The van der Waals surface area contributed by atoms with Crippen LogP contribution < -0.4 is 10.6 Å². The highest BCUT2D eigenvalue weighted by Crippen LogP contribution is 2.19. The topological polar surface area (TPSA) is 82.5 Å². The lowest BCUT2D eigenvalue weighted by Gasteiger charge is -2.34. The van der Waals surface area contributed by atoms with E-state index in [1.54, 1.807) is 0 Å². The highest BCUT2D eigenvalue weighted by molar-refractivity contribution is 5.97. The highest BCUT2D eigenvalue weighted by atomic mass is 16.2. The van der Waals surface area contributed by atoms with Gasteiger partial charge in [-0.1, -0.05) is 18.2 Å². The summed E-state index contributed by atoms with van der Waals surface area (Å²) in [6.45, 7) is 7.50. The van der Waals surface area contributed by atoms with Crippen LogP contribution in [-0.4, -0.2) is 63.5 Å². The zero-order valence-electron chi connectivity index (χ0n) is 18.8. The van der Waals surface area contributed by atoms with Crippen molar-refractivity contribution in [3.63, 3.8) is 0 Å². The second-order valence-electron chi connectivity index (χ2n) is 8.48. The Hall–Kier alpha value is -3.39. The van der Waals surface area contributed by atoms with Gasteiger partial charge in [-0.2, -0.15) is 0 Å². The predicted octanol–water partition coefficient (Wildman–Crippen LogP) is 3.06. The van der Waals surface area contributed by atoms with Crippen LogP contribution in [0.5, 0.6) is 0 Å². The highest BCUT2D eigenvalue weighted by Gasteiger charge is 2.22. The van der Waals surface area contributed by atoms with E-state index in [1.165, 1.54) is 0 Å². The van der Waals surface area contributed by atoms with Gasteiger partial charge in [-0.3, -0.25) is 9.69 Å². The van der Waals surface area contributed by atoms with Crippen molar-refractivity contribution in [3.8, 4) is 0 Å². The maximum Gasteiger partial charge on any atom is 0.321 e. The molecule has 4 rings (SSSR count). The van der Waals surface area contributed by atoms with Gasteiger partial charge in [0.1, 0.15) is 5.82 Å². The number of carbonyl (C=O) groups is 2. The van der Waals surface area contributed by atoms with E-state index in [4.69, 9.17) is 4.98 Å². The van der Waals surface area contributed by atoms with E-state index in [0.29, 0.717) is 25.2 Å². The molecule has 2 N–H and O–H groups in total. The Labute approximate surface area is 188 Å². The second-order valence-corrected chi connectivity index (χ2v) is 8.48. The molecule has 0 saturated carbocycles. The molecule has 3 aromatic rings. The van der Waals surface area contributed by atoms with Crippen LogP contribution in [0.25, 0.3) is 11.0 Å². The summed E-state index contributed by atoms with van der Waals surface area (Å²) in [6, 6.07) is 15.2. The molecule has 2 heterocycles. The lowest BCUT2D eigenvalue weighted by Crippen LogP contribution is -2.49. The van der Waals surface area contributed by atoms with Gasteiger partial charge < -0.3 is 20.1 Å². The fourth-order valence-corrected chi connectivity index (χ4v) is 3.91. The van der Waals surface area contributed by atoms with Crippen molar-refractivity contribution in [2.45, 2.75) is 26.4 Å². The molecular formula is C24H30N6O2. The van der Waals surface area contributed by atoms with Crippen LogP contribution in [0.3, 0.4) is 0 Å². The monoisotopic (exact) mass is 434 g/mol. The Morgan fingerprint density at radius 2 is 1.75 bits per heavy atom. The summed E-state index contributed by atoms with van der Waals surface area (Å²) in [7, 11) is 2.00. The molecule has 0 bridgehead atoms. The number of rotatable bonds is 5. The summed E-state index contributed by atoms with van der Waals surface area (Å²) in [6.07, 6.45) is 0. The number of para-hydroxylation sites is 1. The standard InChI is InChI=1S/C24H30N6O2/c1-17(2)25-23(31)18-9-10-21-20(15-18)27-22(28(21)3)16-29-11-13-30(14-12-29)24(32)26-19-7-5-4-6-8-19/h4-10,15,17H,11-14,16H2,1-3H3,(H,25,31)(H,26,32). The first-order valence-electron chi connectivity index (χ1n) is 11.0. The largest absolute Gasteiger partial charge is 0.350 e. The van der Waals surface area contributed by atoms with Gasteiger partial charge in [0.05, 0.1) is 17.6 Å². The number of nitrogens with one attached hydrogen (secondary N) is 2. The molecule has 0 aliphatic carbocycles. The predicted molar refractivity (Wildman–Crippen MR) is 126 cm³/mol. The lowest BCUT2D eigenvalue weighted by molar-refractivity contribution is 0.0943. The number of urea groups is 1. The molecule has 0 atom stereocenters. The number of fused-ring (bicyclic) bond motifs is 1. The number of carbonyl (C=O) groups excluding carboxylic acids is 2. The molecule has 1 aromatic heterocycles. The third-order valence-corrected chi connectivity index (χ3v) is 5.70. The molecule has 1 saturated heterocycles. The number of benzene rings is 2. The number of piperazine rings is 1. The van der Waals surface area contributed by atoms with E-state index in [-0.39, 0.29) is 18.0 Å². The molecular weight excluding hydrogens is 404 g/mol. The van der Waals surface area contributed by atoms with Crippen molar-refractivity contribution >= 4 is 28.7 Å². The zero-order valence-corrected chi connectivity index (χ0v) is 18.8. The van der Waals surface area contributed by atoms with Gasteiger partial charge in [-0.25, -0.2) is 9.78 Å². The summed E-state index contributed by atoms with van der Waals surface area (Å²) in [5.41, 5.74) is 3.25. The molecule has 168 valence electrons. The number of aromatic nitrogens is 2. The smallest absolute Gasteiger partial charge is 0.321 e. The first-order chi connectivity index (χ1) is 15.4. The molecule has 1 aliphatic heterocycles. The first-order valence-corrected chi connectivity index (χ1v) is 11.0. The van der Waals surface area contributed by atoms with Crippen molar-refractivity contribution in [2.24, 2.45) is 7.05 Å². The van der Waals surface area contributed by atoms with Crippen LogP contribution >= 0.6 is 0 Å². The van der Waals surface area contributed by atoms with Crippen LogP contribution in [0.1, 0.15) is 30.0 Å². The second kappa shape index (κ2) is 9.40. The Bertz CT molecular complexity index is 1100. The number of hydrogen-bond acceptors (Lipinski definition) is 4. The zero-order chi connectivity index (χ0) is 22.7. The molecule has 0 spiro atoms. The van der Waals surface area contributed by atoms with Crippen molar-refractivity contribution < 1.29 is 9.59 Å². The summed E-state index contributed by atoms with van der Waals surface area (Å²) in [4.78, 5) is 33.8. The molecule has 0 unspecified atom stereocenters. The van der Waals surface area contributed by atoms with Gasteiger partial charge in [0.15, 0.2) is 0 Å². The summed E-state index contributed by atoms with van der Waals surface area (Å²) >= 11 is 0. The van der Waals surface area contributed by atoms with Crippen molar-refractivity contribution in [1.82, 2.24) is 24.7 Å². The molecule has 32 heavy (non-hydrogen) atoms. The number of nitrogens with zero attached hydrogens (tertiary/aromatic N) is 4. The van der Waals surface area contributed by atoms with Crippen LogP contribution in [0.4, 0.5) is 10.5 Å². The molecule has 2 aromatic carbocycles. The normalized spacial score (nSPS) is 14.7. The van der Waals surface area contributed by atoms with E-state index >= 15 is 0 Å². The van der Waals surface area contributed by atoms with Crippen LogP contribution in [0, 0.1) is 0 Å². The Kier molecular flexibility index (Phi) is 6.41. The van der Waals surface area contributed by atoms with Crippen molar-refractivity contribution in [2.75, 3.05) is 31.5 Å². The van der Waals surface area contributed by atoms with Gasteiger partial charge in [-0.15, -0.1) is 0 Å². The molecule has 3 amide bonds. The number of aryl methyl sites for hydroxylation is 1. The van der Waals surface area contributed by atoms with E-state index < -0.39 is 0 Å². The van der Waals surface area contributed by atoms with Gasteiger partial charge >= 0.3 is 6.03 Å². The maximum atomic E-state index is 12.5.